The van der Waals surface area contributed by atoms with Crippen molar-refractivity contribution in [2.24, 2.45) is 0 Å². The van der Waals surface area contributed by atoms with Crippen molar-refractivity contribution in [3.63, 3.8) is 0 Å². The Bertz CT molecular complexity index is 763. The van der Waals surface area contributed by atoms with Crippen molar-refractivity contribution < 1.29 is 70.2 Å². The van der Waals surface area contributed by atoms with Gasteiger partial charge in [0, 0.05) is 11.1 Å². The van der Waals surface area contributed by atoms with Gasteiger partial charge in [0.15, 0.2) is 23.3 Å². The van der Waals surface area contributed by atoms with Crippen LogP contribution >= 0.6 is 0 Å². The molecule has 2 atom stereocenters. The van der Waals surface area contributed by atoms with Gasteiger partial charge in [0.1, 0.15) is 0 Å². The lowest BCUT2D eigenvalue weighted by atomic mass is 9.56. The van der Waals surface area contributed by atoms with E-state index in [4.69, 9.17) is 0 Å². The lowest BCUT2D eigenvalue weighted by molar-refractivity contribution is -0.420. The van der Waals surface area contributed by atoms with Gasteiger partial charge in [0.2, 0.25) is 0 Å². The highest BCUT2D eigenvalue weighted by atomic mass is 19.4. The third kappa shape index (κ3) is 2.06. The SMILES string of the molecule is Fc1c(F)c(F)c2c(c1F)[C@](F)(C(F)(F)C(F)(F)F)[C@@]2(F)C(F)(F)C(F)(F)F. The Kier molecular flexibility index (Phi) is 4.29. The van der Waals surface area contributed by atoms with Gasteiger partial charge in [0.25, 0.3) is 11.3 Å². The number of fused-ring (bicyclic) bond motifs is 1. The van der Waals surface area contributed by atoms with Crippen molar-refractivity contribution in [1.82, 2.24) is 0 Å². The molecule has 0 saturated heterocycles. The van der Waals surface area contributed by atoms with Crippen LogP contribution in [0, 0.1) is 23.3 Å². The van der Waals surface area contributed by atoms with Crippen LogP contribution in [-0.2, 0) is 11.3 Å². The van der Waals surface area contributed by atoms with Gasteiger partial charge < -0.3 is 0 Å². The maximum Gasteiger partial charge on any atom is 0.457 e. The zero-order chi connectivity index (χ0) is 22.5. The molecule has 2 rings (SSSR count). The van der Waals surface area contributed by atoms with Crippen LogP contribution in [0.4, 0.5) is 70.2 Å². The summed E-state index contributed by atoms with van der Waals surface area (Å²) in [7, 11) is 0. The molecule has 28 heavy (non-hydrogen) atoms. The van der Waals surface area contributed by atoms with Crippen molar-refractivity contribution in [2.75, 3.05) is 0 Å². The standard InChI is InChI=1S/C12F16/c13-3-1-2(4(14)6(16)5(3)15)8(18,10(21,22)12(26,27)28)7(1,17)9(19,20)11(23,24)25/t7-,8-/m1/s1. The lowest BCUT2D eigenvalue weighted by Crippen LogP contribution is -2.75. The van der Waals surface area contributed by atoms with Gasteiger partial charge in [-0.2, -0.15) is 43.9 Å². The first-order valence-corrected chi connectivity index (χ1v) is 6.27. The fourth-order valence-electron chi connectivity index (χ4n) is 2.70. The van der Waals surface area contributed by atoms with Crippen molar-refractivity contribution in [2.45, 2.75) is 35.5 Å². The average Bonchev–Trinajstić information content (AvgIpc) is 2.51. The first-order valence-electron chi connectivity index (χ1n) is 6.27. The van der Waals surface area contributed by atoms with E-state index >= 15 is 0 Å². The highest BCUT2D eigenvalue weighted by Gasteiger charge is 2.95. The minimum atomic E-state index is -7.58. The summed E-state index contributed by atoms with van der Waals surface area (Å²) in [5, 5.41) is 0. The summed E-state index contributed by atoms with van der Waals surface area (Å²) in [5.41, 5.74) is -21.0. The van der Waals surface area contributed by atoms with E-state index in [0.29, 0.717) is 0 Å². The quantitative estimate of drug-likeness (QED) is 0.297. The van der Waals surface area contributed by atoms with Gasteiger partial charge in [-0.1, -0.05) is 0 Å². The van der Waals surface area contributed by atoms with Gasteiger partial charge in [-0.3, -0.25) is 0 Å². The molecule has 1 aliphatic carbocycles. The molecular weight excluding hydrogens is 448 g/mol. The lowest BCUT2D eigenvalue weighted by Gasteiger charge is -2.54. The van der Waals surface area contributed by atoms with E-state index in [1.165, 1.54) is 0 Å². The smallest absolute Gasteiger partial charge is 0.227 e. The van der Waals surface area contributed by atoms with E-state index in [2.05, 4.69) is 0 Å². The van der Waals surface area contributed by atoms with Crippen LogP contribution in [0.5, 0.6) is 0 Å². The van der Waals surface area contributed by atoms with Crippen molar-refractivity contribution in [1.29, 1.82) is 0 Å². The van der Waals surface area contributed by atoms with E-state index in [1.807, 2.05) is 0 Å². The molecule has 0 aromatic heterocycles. The summed E-state index contributed by atoms with van der Waals surface area (Å²) in [6.07, 6.45) is -14.9. The van der Waals surface area contributed by atoms with E-state index in [0.717, 1.165) is 0 Å². The number of halogens is 16. The molecule has 0 amide bonds. The van der Waals surface area contributed by atoms with Crippen molar-refractivity contribution in [3.05, 3.63) is 34.4 Å². The second kappa shape index (κ2) is 5.37. The molecule has 0 radical (unpaired) electrons. The van der Waals surface area contributed by atoms with Crippen LogP contribution in [-0.4, -0.2) is 24.2 Å². The molecule has 16 heteroatoms. The van der Waals surface area contributed by atoms with Crippen LogP contribution in [0.15, 0.2) is 0 Å². The molecule has 1 aromatic rings. The normalized spacial score (nSPS) is 26.1. The van der Waals surface area contributed by atoms with Crippen LogP contribution < -0.4 is 0 Å². The van der Waals surface area contributed by atoms with E-state index in [9.17, 15) is 70.2 Å². The number of hydrogen-bond donors (Lipinski definition) is 0. The third-order valence-corrected chi connectivity index (χ3v) is 4.01. The maximum absolute atomic E-state index is 14.5. The summed E-state index contributed by atoms with van der Waals surface area (Å²) < 4.78 is 210. The average molecular weight is 448 g/mol. The molecule has 0 unspecified atom stereocenters. The largest absolute Gasteiger partial charge is 0.457 e. The molecule has 0 spiro atoms. The van der Waals surface area contributed by atoms with Gasteiger partial charge in [0.05, 0.1) is 0 Å². The fourth-order valence-corrected chi connectivity index (χ4v) is 2.70. The summed E-state index contributed by atoms with van der Waals surface area (Å²) in [5.74, 6) is -29.0. The molecule has 0 aliphatic heterocycles. The second-order valence-corrected chi connectivity index (χ2v) is 5.47. The molecular formula is C12F16. The van der Waals surface area contributed by atoms with E-state index < -0.39 is 69.9 Å². The first kappa shape index (κ1) is 22.4. The van der Waals surface area contributed by atoms with Crippen molar-refractivity contribution in [3.8, 4) is 0 Å². The number of rotatable bonds is 2. The molecule has 160 valence electrons. The first-order chi connectivity index (χ1) is 12.1. The van der Waals surface area contributed by atoms with Crippen LogP contribution in [0.2, 0.25) is 0 Å². The van der Waals surface area contributed by atoms with Crippen LogP contribution in [0.1, 0.15) is 11.1 Å². The Morgan fingerprint density at radius 3 is 0.821 bits per heavy atom. The topological polar surface area (TPSA) is 0 Å². The minimum Gasteiger partial charge on any atom is -0.227 e. The van der Waals surface area contributed by atoms with Crippen LogP contribution in [0.3, 0.4) is 0 Å². The Labute approximate surface area is 141 Å². The Hall–Kier alpha value is -1.90. The Morgan fingerprint density at radius 1 is 0.429 bits per heavy atom. The molecule has 1 aliphatic rings. The van der Waals surface area contributed by atoms with E-state index in [1.54, 1.807) is 0 Å². The summed E-state index contributed by atoms with van der Waals surface area (Å²) >= 11 is 0. The Balaban J connectivity index is 3.12. The summed E-state index contributed by atoms with van der Waals surface area (Å²) in [6.45, 7) is 0. The van der Waals surface area contributed by atoms with Gasteiger partial charge in [-0.05, 0) is 0 Å². The molecule has 0 bridgehead atoms. The summed E-state index contributed by atoms with van der Waals surface area (Å²) in [4.78, 5) is 0. The molecule has 1 aromatic carbocycles. The fraction of sp³-hybridized carbons (Fsp3) is 0.500. The van der Waals surface area contributed by atoms with Gasteiger partial charge in [-0.15, -0.1) is 0 Å². The van der Waals surface area contributed by atoms with Gasteiger partial charge in [-0.25, -0.2) is 26.3 Å². The highest BCUT2D eigenvalue weighted by molar-refractivity contribution is 5.57. The van der Waals surface area contributed by atoms with Crippen LogP contribution in [0.25, 0.3) is 0 Å². The Morgan fingerprint density at radius 2 is 0.643 bits per heavy atom. The zero-order valence-corrected chi connectivity index (χ0v) is 12.0. The molecule has 0 saturated carbocycles. The third-order valence-electron chi connectivity index (χ3n) is 4.01. The molecule has 0 N–H and O–H groups in total. The molecule has 0 heterocycles. The number of benzene rings is 1. The zero-order valence-electron chi connectivity index (χ0n) is 12.0. The number of alkyl halides is 12. The molecule has 0 fully saturated rings. The predicted molar refractivity (Wildman–Crippen MR) is 53.8 cm³/mol. The second-order valence-electron chi connectivity index (χ2n) is 5.47. The predicted octanol–water partition coefficient (Wildman–Crippen LogP) is 5.98. The number of hydrogen-bond acceptors (Lipinski definition) is 0. The maximum atomic E-state index is 14.5. The molecule has 0 nitrogen and oxygen atoms in total. The highest BCUT2D eigenvalue weighted by Crippen LogP contribution is 2.74. The summed E-state index contributed by atoms with van der Waals surface area (Å²) in [6, 6.07) is 0. The monoisotopic (exact) mass is 448 g/mol. The van der Waals surface area contributed by atoms with Gasteiger partial charge >= 0.3 is 24.2 Å². The minimum absolute atomic E-state index is 3.35. The van der Waals surface area contributed by atoms with Crippen molar-refractivity contribution >= 4 is 0 Å². The van der Waals surface area contributed by atoms with E-state index in [-0.39, 0.29) is 0 Å².